The van der Waals surface area contributed by atoms with Crippen LogP contribution in [0.2, 0.25) is 0 Å². The molecular weight excluding hydrogens is 338 g/mol. The lowest BCUT2D eigenvalue weighted by Gasteiger charge is -2.20. The number of anilines is 1. The summed E-state index contributed by atoms with van der Waals surface area (Å²) in [4.78, 5) is 13.9. The lowest BCUT2D eigenvalue weighted by Crippen LogP contribution is -2.23. The molecule has 2 heterocycles. The molecule has 0 radical (unpaired) electrons. The van der Waals surface area contributed by atoms with Crippen LogP contribution in [0.4, 0.5) is 5.69 Å². The standard InChI is InChI=1S/C18H21N3O3S/c1-3-16-19-20-18(24-16)25-15(17(22)23)11-13-6-7-14(12(2)10-13)21-8-4-5-9-21/h6-7,10-11H,3-5,8-9H2,1-2H3,(H,22,23)/p-1/b15-11+. The highest BCUT2D eigenvalue weighted by atomic mass is 32.2. The molecule has 132 valence electrons. The van der Waals surface area contributed by atoms with E-state index in [0.29, 0.717) is 12.3 Å². The van der Waals surface area contributed by atoms with Crippen LogP contribution in [0.3, 0.4) is 0 Å². The van der Waals surface area contributed by atoms with Gasteiger partial charge in [-0.15, -0.1) is 10.2 Å². The lowest BCUT2D eigenvalue weighted by atomic mass is 10.1. The predicted molar refractivity (Wildman–Crippen MR) is 95.1 cm³/mol. The van der Waals surface area contributed by atoms with Gasteiger partial charge in [-0.05, 0) is 60.9 Å². The molecule has 1 aliphatic rings. The van der Waals surface area contributed by atoms with Gasteiger partial charge in [0.2, 0.25) is 5.89 Å². The topological polar surface area (TPSA) is 82.3 Å². The monoisotopic (exact) mass is 358 g/mol. The third-order valence-electron chi connectivity index (χ3n) is 4.11. The number of aromatic nitrogens is 2. The van der Waals surface area contributed by atoms with Crippen LogP contribution in [0.5, 0.6) is 0 Å². The van der Waals surface area contributed by atoms with Crippen LogP contribution in [0, 0.1) is 6.92 Å². The lowest BCUT2D eigenvalue weighted by molar-refractivity contribution is -0.298. The van der Waals surface area contributed by atoms with Crippen molar-refractivity contribution in [3.8, 4) is 0 Å². The van der Waals surface area contributed by atoms with Crippen molar-refractivity contribution in [2.45, 2.75) is 38.3 Å². The van der Waals surface area contributed by atoms with Crippen LogP contribution in [-0.4, -0.2) is 29.3 Å². The number of benzene rings is 1. The number of thioether (sulfide) groups is 1. The molecule has 2 aromatic rings. The Morgan fingerprint density at radius 2 is 2.12 bits per heavy atom. The van der Waals surface area contributed by atoms with Crippen LogP contribution in [0.15, 0.2) is 32.7 Å². The molecule has 0 saturated carbocycles. The highest BCUT2D eigenvalue weighted by molar-refractivity contribution is 8.03. The Balaban J connectivity index is 1.82. The molecule has 0 unspecified atom stereocenters. The van der Waals surface area contributed by atoms with Crippen LogP contribution in [0.1, 0.15) is 36.8 Å². The summed E-state index contributed by atoms with van der Waals surface area (Å²) in [5.74, 6) is -0.784. The summed E-state index contributed by atoms with van der Waals surface area (Å²) in [5, 5.41) is 19.3. The highest BCUT2D eigenvalue weighted by Gasteiger charge is 2.15. The minimum Gasteiger partial charge on any atom is -0.544 e. The first-order chi connectivity index (χ1) is 12.1. The van der Waals surface area contributed by atoms with E-state index in [0.717, 1.165) is 36.0 Å². The van der Waals surface area contributed by atoms with E-state index in [2.05, 4.69) is 15.1 Å². The van der Waals surface area contributed by atoms with Gasteiger partial charge in [0.25, 0.3) is 5.22 Å². The van der Waals surface area contributed by atoms with Crippen molar-refractivity contribution in [3.63, 3.8) is 0 Å². The number of carbonyl (C=O) groups is 1. The Morgan fingerprint density at radius 1 is 1.36 bits per heavy atom. The summed E-state index contributed by atoms with van der Waals surface area (Å²) < 4.78 is 5.36. The third kappa shape index (κ3) is 4.22. The number of aliphatic carboxylic acids is 1. The van der Waals surface area contributed by atoms with E-state index >= 15 is 0 Å². The van der Waals surface area contributed by atoms with Crippen LogP contribution in [0.25, 0.3) is 6.08 Å². The molecule has 1 saturated heterocycles. The molecular formula is C18H20N3O3S-. The normalized spacial score (nSPS) is 15.0. The number of hydrogen-bond acceptors (Lipinski definition) is 7. The van der Waals surface area contributed by atoms with Crippen molar-refractivity contribution in [2.75, 3.05) is 18.0 Å². The van der Waals surface area contributed by atoms with E-state index in [1.807, 2.05) is 32.0 Å². The molecule has 1 fully saturated rings. The van der Waals surface area contributed by atoms with Gasteiger partial charge in [-0.3, -0.25) is 0 Å². The number of rotatable bonds is 6. The maximum Gasteiger partial charge on any atom is 0.281 e. The smallest absolute Gasteiger partial charge is 0.281 e. The molecule has 1 aromatic heterocycles. The highest BCUT2D eigenvalue weighted by Crippen LogP contribution is 2.29. The molecule has 0 bridgehead atoms. The van der Waals surface area contributed by atoms with Crippen LogP contribution >= 0.6 is 11.8 Å². The number of carboxylic acids is 1. The van der Waals surface area contributed by atoms with Crippen molar-refractivity contribution in [2.24, 2.45) is 0 Å². The van der Waals surface area contributed by atoms with Gasteiger partial charge in [-0.25, -0.2) is 0 Å². The molecule has 0 amide bonds. The molecule has 0 aliphatic carbocycles. The van der Waals surface area contributed by atoms with E-state index in [-0.39, 0.29) is 10.1 Å². The molecule has 6 nitrogen and oxygen atoms in total. The first-order valence-electron chi connectivity index (χ1n) is 8.35. The predicted octanol–water partition coefficient (Wildman–Crippen LogP) is 2.42. The Kier molecular flexibility index (Phi) is 5.43. The van der Waals surface area contributed by atoms with E-state index in [1.165, 1.54) is 18.5 Å². The van der Waals surface area contributed by atoms with E-state index in [9.17, 15) is 9.90 Å². The van der Waals surface area contributed by atoms with Gasteiger partial charge in [0.05, 0.1) is 5.97 Å². The minimum absolute atomic E-state index is 0.0413. The molecule has 0 spiro atoms. The fourth-order valence-corrected chi connectivity index (χ4v) is 3.57. The Labute approximate surface area is 150 Å². The van der Waals surface area contributed by atoms with Crippen molar-refractivity contribution in [1.29, 1.82) is 0 Å². The van der Waals surface area contributed by atoms with E-state index < -0.39 is 5.97 Å². The molecule has 7 heteroatoms. The van der Waals surface area contributed by atoms with E-state index in [1.54, 1.807) is 6.08 Å². The summed E-state index contributed by atoms with van der Waals surface area (Å²) in [7, 11) is 0. The van der Waals surface area contributed by atoms with Crippen molar-refractivity contribution in [1.82, 2.24) is 10.2 Å². The zero-order valence-electron chi connectivity index (χ0n) is 14.3. The molecule has 1 aromatic carbocycles. The van der Waals surface area contributed by atoms with Gasteiger partial charge in [0.1, 0.15) is 0 Å². The Hall–Kier alpha value is -2.28. The van der Waals surface area contributed by atoms with Crippen molar-refractivity contribution in [3.05, 3.63) is 40.1 Å². The largest absolute Gasteiger partial charge is 0.544 e. The first kappa shape index (κ1) is 17.5. The Morgan fingerprint density at radius 3 is 2.72 bits per heavy atom. The summed E-state index contributed by atoms with van der Waals surface area (Å²) in [6, 6.07) is 5.96. The number of aryl methyl sites for hydroxylation is 2. The second-order valence-electron chi connectivity index (χ2n) is 5.95. The molecule has 1 aliphatic heterocycles. The molecule has 0 atom stereocenters. The fraction of sp³-hybridized carbons (Fsp3) is 0.389. The van der Waals surface area contributed by atoms with Gasteiger partial charge in [-0.2, -0.15) is 0 Å². The van der Waals surface area contributed by atoms with Crippen LogP contribution in [-0.2, 0) is 11.2 Å². The van der Waals surface area contributed by atoms with E-state index in [4.69, 9.17) is 4.42 Å². The second-order valence-corrected chi connectivity index (χ2v) is 6.95. The average Bonchev–Trinajstić information content (AvgIpc) is 3.25. The van der Waals surface area contributed by atoms with Crippen molar-refractivity contribution < 1.29 is 14.3 Å². The zero-order chi connectivity index (χ0) is 17.8. The number of carbonyl (C=O) groups excluding carboxylic acids is 1. The maximum atomic E-state index is 11.4. The quantitative estimate of drug-likeness (QED) is 0.579. The zero-order valence-corrected chi connectivity index (χ0v) is 15.1. The molecule has 0 N–H and O–H groups in total. The van der Waals surface area contributed by atoms with Gasteiger partial charge in [0, 0.05) is 30.1 Å². The average molecular weight is 358 g/mol. The van der Waals surface area contributed by atoms with Gasteiger partial charge in [-0.1, -0.05) is 13.0 Å². The maximum absolute atomic E-state index is 11.4. The summed E-state index contributed by atoms with van der Waals surface area (Å²) in [6.07, 6.45) is 4.62. The first-order valence-corrected chi connectivity index (χ1v) is 9.17. The van der Waals surface area contributed by atoms with Gasteiger partial charge in [0.15, 0.2) is 0 Å². The van der Waals surface area contributed by atoms with Crippen molar-refractivity contribution >= 4 is 29.5 Å². The van der Waals surface area contributed by atoms with Gasteiger partial charge < -0.3 is 19.2 Å². The molecule has 3 rings (SSSR count). The third-order valence-corrected chi connectivity index (χ3v) is 4.96. The number of nitrogens with zero attached hydrogens (tertiary/aromatic N) is 3. The SMILES string of the molecule is CCc1nnc(S/C(=C/c2ccc(N3CCCC3)c(C)c2)C(=O)[O-])o1. The number of carboxylic acid groups (broad SMARTS) is 1. The van der Waals surface area contributed by atoms with Gasteiger partial charge >= 0.3 is 0 Å². The summed E-state index contributed by atoms with van der Waals surface area (Å²) in [6.45, 7) is 6.09. The summed E-state index contributed by atoms with van der Waals surface area (Å²) in [5.41, 5.74) is 3.15. The van der Waals surface area contributed by atoms with Crippen LogP contribution < -0.4 is 10.0 Å². The molecule has 25 heavy (non-hydrogen) atoms. The fourth-order valence-electron chi connectivity index (χ4n) is 2.88. The minimum atomic E-state index is -1.26. The summed E-state index contributed by atoms with van der Waals surface area (Å²) >= 11 is 0.912. The Bertz CT molecular complexity index is 795. The second kappa shape index (κ2) is 7.74. The number of hydrogen-bond donors (Lipinski definition) is 0.